The molecule has 88 valence electrons. The predicted molar refractivity (Wildman–Crippen MR) is 69.4 cm³/mol. The molecule has 1 aromatic heterocycles. The van der Waals surface area contributed by atoms with E-state index in [1.165, 1.54) is 12.0 Å². The van der Waals surface area contributed by atoms with Crippen LogP contribution in [-0.4, -0.2) is 11.5 Å². The molecule has 0 aliphatic carbocycles. The van der Waals surface area contributed by atoms with Crippen LogP contribution < -0.4 is 5.32 Å². The van der Waals surface area contributed by atoms with Crippen molar-refractivity contribution in [1.29, 1.82) is 0 Å². The molecule has 0 amide bonds. The van der Waals surface area contributed by atoms with Gasteiger partial charge >= 0.3 is 0 Å². The van der Waals surface area contributed by atoms with Crippen molar-refractivity contribution in [3.8, 4) is 0 Å². The summed E-state index contributed by atoms with van der Waals surface area (Å²) in [6.07, 6.45) is 7.31. The predicted octanol–water partition coefficient (Wildman–Crippen LogP) is 3.40. The summed E-state index contributed by atoms with van der Waals surface area (Å²) in [7, 11) is 0. The molecule has 1 heterocycles. The van der Waals surface area contributed by atoms with Gasteiger partial charge in [-0.2, -0.15) is 0 Å². The van der Waals surface area contributed by atoms with Gasteiger partial charge in [0.1, 0.15) is 0 Å². The summed E-state index contributed by atoms with van der Waals surface area (Å²) in [6, 6.07) is 4.72. The maximum absolute atomic E-state index is 4.23. The molecule has 0 aliphatic heterocycles. The average Bonchev–Trinajstić information content (AvgIpc) is 2.28. The molecule has 1 unspecified atom stereocenters. The molecule has 16 heavy (non-hydrogen) atoms. The lowest BCUT2D eigenvalue weighted by molar-refractivity contribution is 0.499. The maximum atomic E-state index is 4.23. The number of hydrogen-bond donors (Lipinski definition) is 1. The van der Waals surface area contributed by atoms with Crippen molar-refractivity contribution in [3.63, 3.8) is 0 Å². The smallest absolute Gasteiger partial charge is 0.0375 e. The monoisotopic (exact) mass is 218 g/mol. The van der Waals surface area contributed by atoms with E-state index in [1.54, 1.807) is 0 Å². The Morgan fingerprint density at radius 3 is 3.00 bits per heavy atom. The van der Waals surface area contributed by atoms with Gasteiger partial charge in [0, 0.05) is 17.9 Å². The Kier molecular flexibility index (Phi) is 5.79. The first-order valence-electron chi connectivity index (χ1n) is 6.04. The fourth-order valence-electron chi connectivity index (χ4n) is 1.88. The Morgan fingerprint density at radius 2 is 2.38 bits per heavy atom. The average molecular weight is 218 g/mol. The standard InChI is InChI=1S/C14H22N2/c1-4-6-7-8-14(15-5-2)13-9-10-16-12(3)11-13/h4,9-11,14-15H,1,5-8H2,2-3H3. The van der Waals surface area contributed by atoms with Crippen LogP contribution in [0.3, 0.4) is 0 Å². The second kappa shape index (κ2) is 7.18. The van der Waals surface area contributed by atoms with Crippen molar-refractivity contribution in [2.24, 2.45) is 0 Å². The summed E-state index contributed by atoms with van der Waals surface area (Å²) in [5, 5.41) is 3.52. The number of aromatic nitrogens is 1. The lowest BCUT2D eigenvalue weighted by Crippen LogP contribution is -2.21. The van der Waals surface area contributed by atoms with Gasteiger partial charge in [0.2, 0.25) is 0 Å². The summed E-state index contributed by atoms with van der Waals surface area (Å²) in [5.41, 5.74) is 2.43. The highest BCUT2D eigenvalue weighted by molar-refractivity contribution is 5.19. The van der Waals surface area contributed by atoms with E-state index in [2.05, 4.69) is 35.9 Å². The minimum absolute atomic E-state index is 0.451. The van der Waals surface area contributed by atoms with Crippen molar-refractivity contribution in [2.75, 3.05) is 6.54 Å². The number of allylic oxidation sites excluding steroid dienone is 1. The molecule has 0 fully saturated rings. The molecule has 0 radical (unpaired) electrons. The molecular formula is C14H22N2. The molecule has 0 bridgehead atoms. The van der Waals surface area contributed by atoms with Gasteiger partial charge in [0.15, 0.2) is 0 Å². The molecular weight excluding hydrogens is 196 g/mol. The Labute approximate surface area is 98.8 Å². The van der Waals surface area contributed by atoms with Gasteiger partial charge in [-0.3, -0.25) is 4.98 Å². The van der Waals surface area contributed by atoms with E-state index >= 15 is 0 Å². The first kappa shape index (κ1) is 12.9. The van der Waals surface area contributed by atoms with Crippen molar-refractivity contribution in [1.82, 2.24) is 10.3 Å². The molecule has 0 aromatic carbocycles. The van der Waals surface area contributed by atoms with Gasteiger partial charge in [0.05, 0.1) is 0 Å². The van der Waals surface area contributed by atoms with Crippen LogP contribution in [0.15, 0.2) is 31.0 Å². The van der Waals surface area contributed by atoms with Crippen LogP contribution in [0.25, 0.3) is 0 Å². The van der Waals surface area contributed by atoms with Gasteiger partial charge in [-0.1, -0.05) is 13.0 Å². The number of nitrogens with zero attached hydrogens (tertiary/aromatic N) is 1. The molecule has 1 N–H and O–H groups in total. The van der Waals surface area contributed by atoms with Crippen molar-refractivity contribution in [2.45, 2.75) is 39.2 Å². The van der Waals surface area contributed by atoms with Gasteiger partial charge in [0.25, 0.3) is 0 Å². The summed E-state index contributed by atoms with van der Waals surface area (Å²) in [4.78, 5) is 4.23. The quantitative estimate of drug-likeness (QED) is 0.560. The van der Waals surface area contributed by atoms with Crippen LogP contribution in [0.2, 0.25) is 0 Å². The number of pyridine rings is 1. The Balaban J connectivity index is 2.64. The summed E-state index contributed by atoms with van der Waals surface area (Å²) >= 11 is 0. The van der Waals surface area contributed by atoms with Crippen molar-refractivity contribution in [3.05, 3.63) is 42.2 Å². The topological polar surface area (TPSA) is 24.9 Å². The van der Waals surface area contributed by atoms with E-state index < -0.39 is 0 Å². The minimum Gasteiger partial charge on any atom is -0.310 e. The largest absolute Gasteiger partial charge is 0.310 e. The zero-order valence-electron chi connectivity index (χ0n) is 10.4. The highest BCUT2D eigenvalue weighted by atomic mass is 14.9. The van der Waals surface area contributed by atoms with E-state index in [1.807, 2.05) is 19.2 Å². The molecule has 0 saturated heterocycles. The molecule has 0 spiro atoms. The highest BCUT2D eigenvalue weighted by Crippen LogP contribution is 2.19. The zero-order chi connectivity index (χ0) is 11.8. The van der Waals surface area contributed by atoms with Crippen LogP contribution in [-0.2, 0) is 0 Å². The fraction of sp³-hybridized carbons (Fsp3) is 0.500. The zero-order valence-corrected chi connectivity index (χ0v) is 10.4. The van der Waals surface area contributed by atoms with Crippen LogP contribution >= 0.6 is 0 Å². The molecule has 1 rings (SSSR count). The van der Waals surface area contributed by atoms with Crippen molar-refractivity contribution < 1.29 is 0 Å². The lowest BCUT2D eigenvalue weighted by atomic mass is 10.0. The van der Waals surface area contributed by atoms with Gasteiger partial charge in [-0.15, -0.1) is 6.58 Å². The maximum Gasteiger partial charge on any atom is 0.0375 e. The number of rotatable bonds is 7. The number of unbranched alkanes of at least 4 members (excludes halogenated alkanes) is 1. The van der Waals surface area contributed by atoms with E-state index in [0.717, 1.165) is 25.1 Å². The molecule has 2 nitrogen and oxygen atoms in total. The summed E-state index contributed by atoms with van der Waals surface area (Å²) < 4.78 is 0. The number of nitrogens with one attached hydrogen (secondary N) is 1. The van der Waals surface area contributed by atoms with Gasteiger partial charge in [-0.25, -0.2) is 0 Å². The number of hydrogen-bond acceptors (Lipinski definition) is 2. The summed E-state index contributed by atoms with van der Waals surface area (Å²) in [5.74, 6) is 0. The molecule has 2 heteroatoms. The molecule has 0 saturated carbocycles. The second-order valence-electron chi connectivity index (χ2n) is 4.06. The molecule has 1 aromatic rings. The van der Waals surface area contributed by atoms with Crippen LogP contribution in [0.5, 0.6) is 0 Å². The van der Waals surface area contributed by atoms with E-state index in [-0.39, 0.29) is 0 Å². The summed E-state index contributed by atoms with van der Waals surface area (Å²) in [6.45, 7) is 8.95. The first-order chi connectivity index (χ1) is 7.77. The Hall–Kier alpha value is -1.15. The van der Waals surface area contributed by atoms with Gasteiger partial charge < -0.3 is 5.32 Å². The fourth-order valence-corrected chi connectivity index (χ4v) is 1.88. The SMILES string of the molecule is C=CCCCC(NCC)c1ccnc(C)c1. The van der Waals surface area contributed by atoms with Crippen LogP contribution in [0.4, 0.5) is 0 Å². The Morgan fingerprint density at radius 1 is 1.56 bits per heavy atom. The van der Waals surface area contributed by atoms with Crippen LogP contribution in [0.1, 0.15) is 43.5 Å². The second-order valence-corrected chi connectivity index (χ2v) is 4.06. The van der Waals surface area contributed by atoms with Gasteiger partial charge in [-0.05, 0) is 50.4 Å². The van der Waals surface area contributed by atoms with E-state index in [9.17, 15) is 0 Å². The third kappa shape index (κ3) is 4.15. The minimum atomic E-state index is 0.451. The van der Waals surface area contributed by atoms with E-state index in [0.29, 0.717) is 6.04 Å². The van der Waals surface area contributed by atoms with Crippen molar-refractivity contribution >= 4 is 0 Å². The van der Waals surface area contributed by atoms with Crippen LogP contribution in [0, 0.1) is 6.92 Å². The highest BCUT2D eigenvalue weighted by Gasteiger charge is 2.09. The normalized spacial score (nSPS) is 12.4. The van der Waals surface area contributed by atoms with E-state index in [4.69, 9.17) is 0 Å². The third-order valence-electron chi connectivity index (χ3n) is 2.67. The Bertz CT molecular complexity index is 320. The first-order valence-corrected chi connectivity index (χ1v) is 6.04. The third-order valence-corrected chi connectivity index (χ3v) is 2.67. The number of aryl methyl sites for hydroxylation is 1. The molecule has 1 atom stereocenters. The lowest BCUT2D eigenvalue weighted by Gasteiger charge is -2.18. The molecule has 0 aliphatic rings.